The second-order valence-electron chi connectivity index (χ2n) is 5.86. The third-order valence-electron chi connectivity index (χ3n) is 3.68. The molecular weight excluding hydrogens is 389 g/mol. The summed E-state index contributed by atoms with van der Waals surface area (Å²) in [5, 5.41) is 11.9. The lowest BCUT2D eigenvalue weighted by atomic mass is 10.2. The van der Waals surface area contributed by atoms with Gasteiger partial charge in [-0.3, -0.25) is 0 Å². The number of halogens is 3. The van der Waals surface area contributed by atoms with Crippen LogP contribution in [-0.4, -0.2) is 22.4 Å². The van der Waals surface area contributed by atoms with Gasteiger partial charge in [0.1, 0.15) is 23.1 Å². The number of benzene rings is 2. The number of anilines is 1. The highest BCUT2D eigenvalue weighted by Crippen LogP contribution is 2.27. The van der Waals surface area contributed by atoms with Crippen molar-refractivity contribution in [2.24, 2.45) is 0 Å². The number of aromatic carboxylic acids is 1. The van der Waals surface area contributed by atoms with Crippen LogP contribution in [0.1, 0.15) is 15.9 Å². The summed E-state index contributed by atoms with van der Waals surface area (Å²) in [5.74, 6) is -0.00349. The summed E-state index contributed by atoms with van der Waals surface area (Å²) in [4.78, 5) is 14.9. The number of aromatic nitrogens is 1. The molecule has 150 valence electrons. The van der Waals surface area contributed by atoms with Gasteiger partial charge in [0, 0.05) is 12.7 Å². The van der Waals surface area contributed by atoms with Gasteiger partial charge in [-0.2, -0.15) is 0 Å². The molecular formula is C20H15F3N2O4. The summed E-state index contributed by atoms with van der Waals surface area (Å²) < 4.78 is 46.1. The van der Waals surface area contributed by atoms with Crippen LogP contribution in [0.5, 0.6) is 17.2 Å². The van der Waals surface area contributed by atoms with E-state index >= 15 is 0 Å². The van der Waals surface area contributed by atoms with Crippen LogP contribution in [-0.2, 0) is 6.54 Å². The van der Waals surface area contributed by atoms with Crippen molar-refractivity contribution < 1.29 is 32.5 Å². The van der Waals surface area contributed by atoms with Crippen molar-refractivity contribution in [3.8, 4) is 17.2 Å². The van der Waals surface area contributed by atoms with Gasteiger partial charge in [0.2, 0.25) is 0 Å². The topological polar surface area (TPSA) is 80.7 Å². The van der Waals surface area contributed by atoms with Gasteiger partial charge in [0.15, 0.2) is 0 Å². The minimum atomic E-state index is -4.74. The minimum absolute atomic E-state index is 0.0950. The monoisotopic (exact) mass is 404 g/mol. The molecule has 0 saturated carbocycles. The van der Waals surface area contributed by atoms with Crippen LogP contribution in [0.4, 0.5) is 19.0 Å². The van der Waals surface area contributed by atoms with Crippen LogP contribution in [0.15, 0.2) is 66.9 Å². The fourth-order valence-electron chi connectivity index (χ4n) is 2.38. The van der Waals surface area contributed by atoms with Gasteiger partial charge < -0.3 is 19.9 Å². The van der Waals surface area contributed by atoms with Crippen LogP contribution in [0.3, 0.4) is 0 Å². The summed E-state index contributed by atoms with van der Waals surface area (Å²) in [6, 6.07) is 15.2. The Hall–Kier alpha value is -3.75. The van der Waals surface area contributed by atoms with Crippen molar-refractivity contribution >= 4 is 11.8 Å². The summed E-state index contributed by atoms with van der Waals surface area (Å²) >= 11 is 0. The Bertz CT molecular complexity index is 974. The number of carboxylic acids is 1. The first-order valence-electron chi connectivity index (χ1n) is 8.34. The summed E-state index contributed by atoms with van der Waals surface area (Å²) in [5.41, 5.74) is 0.959. The van der Waals surface area contributed by atoms with E-state index in [1.54, 1.807) is 24.3 Å². The van der Waals surface area contributed by atoms with Crippen LogP contribution >= 0.6 is 0 Å². The minimum Gasteiger partial charge on any atom is -0.478 e. The van der Waals surface area contributed by atoms with Gasteiger partial charge in [-0.05, 0) is 54.1 Å². The molecule has 6 nitrogen and oxygen atoms in total. The number of hydrogen-bond donors (Lipinski definition) is 2. The van der Waals surface area contributed by atoms with Gasteiger partial charge >= 0.3 is 12.3 Å². The first kappa shape index (κ1) is 20.0. The summed E-state index contributed by atoms with van der Waals surface area (Å²) in [6.07, 6.45) is -3.48. The number of rotatable bonds is 7. The predicted octanol–water partition coefficient (Wildman–Crippen LogP) is 5.08. The van der Waals surface area contributed by atoms with E-state index in [-0.39, 0.29) is 11.3 Å². The van der Waals surface area contributed by atoms with Crippen molar-refractivity contribution in [3.05, 3.63) is 78.0 Å². The van der Waals surface area contributed by atoms with Crippen LogP contribution in [0.25, 0.3) is 0 Å². The third kappa shape index (κ3) is 6.13. The molecule has 2 N–H and O–H groups in total. The van der Waals surface area contributed by atoms with Crippen molar-refractivity contribution in [1.82, 2.24) is 4.98 Å². The maximum atomic E-state index is 12.2. The van der Waals surface area contributed by atoms with E-state index in [0.717, 1.165) is 5.56 Å². The highest BCUT2D eigenvalue weighted by atomic mass is 19.4. The van der Waals surface area contributed by atoms with Crippen LogP contribution < -0.4 is 14.8 Å². The first-order valence-corrected chi connectivity index (χ1v) is 8.34. The largest absolute Gasteiger partial charge is 0.573 e. The van der Waals surface area contributed by atoms with E-state index in [4.69, 9.17) is 9.84 Å². The average Bonchev–Trinajstić information content (AvgIpc) is 2.67. The molecule has 0 aliphatic rings. The van der Waals surface area contributed by atoms with E-state index in [1.807, 2.05) is 6.07 Å². The summed E-state index contributed by atoms with van der Waals surface area (Å²) in [6.45, 7) is 0.412. The van der Waals surface area contributed by atoms with Crippen LogP contribution in [0, 0.1) is 0 Å². The number of nitrogens with zero attached hydrogens (tertiary/aromatic N) is 1. The number of carboxylic acid groups (broad SMARTS) is 1. The van der Waals surface area contributed by atoms with Gasteiger partial charge in [-0.15, -0.1) is 13.2 Å². The molecule has 1 aromatic heterocycles. The van der Waals surface area contributed by atoms with Crippen molar-refractivity contribution in [1.29, 1.82) is 0 Å². The lowest BCUT2D eigenvalue weighted by molar-refractivity contribution is -0.274. The standard InChI is InChI=1S/C20H15F3N2O4/c21-20(22,23)29-16-7-5-15(6-8-16)28-17-3-1-2-13(10-17)11-24-18-9-4-14(12-25-18)19(26)27/h1-10,12H,11H2,(H,24,25)(H,26,27). The Balaban J connectivity index is 1.60. The molecule has 3 rings (SSSR count). The molecule has 0 aliphatic carbocycles. The Labute approximate surface area is 163 Å². The zero-order valence-corrected chi connectivity index (χ0v) is 14.8. The lowest BCUT2D eigenvalue weighted by Gasteiger charge is -2.11. The van der Waals surface area contributed by atoms with Crippen molar-refractivity contribution in [2.75, 3.05) is 5.32 Å². The molecule has 2 aromatic carbocycles. The average molecular weight is 404 g/mol. The van der Waals surface area contributed by atoms with E-state index in [1.165, 1.54) is 36.5 Å². The van der Waals surface area contributed by atoms with Crippen molar-refractivity contribution in [3.63, 3.8) is 0 Å². The van der Waals surface area contributed by atoms with E-state index in [9.17, 15) is 18.0 Å². The molecule has 0 radical (unpaired) electrons. The molecule has 0 aliphatic heterocycles. The number of carbonyl (C=O) groups is 1. The van der Waals surface area contributed by atoms with Crippen LogP contribution in [0.2, 0.25) is 0 Å². The Kier molecular flexibility index (Phi) is 5.87. The molecule has 0 bridgehead atoms. The highest BCUT2D eigenvalue weighted by molar-refractivity contribution is 5.87. The molecule has 0 spiro atoms. The molecule has 0 saturated heterocycles. The second kappa shape index (κ2) is 8.51. The van der Waals surface area contributed by atoms with Gasteiger partial charge in [-0.25, -0.2) is 9.78 Å². The highest BCUT2D eigenvalue weighted by Gasteiger charge is 2.30. The van der Waals surface area contributed by atoms with E-state index < -0.39 is 12.3 Å². The molecule has 3 aromatic rings. The van der Waals surface area contributed by atoms with Crippen molar-refractivity contribution in [2.45, 2.75) is 12.9 Å². The van der Waals surface area contributed by atoms with Gasteiger partial charge in [-0.1, -0.05) is 12.1 Å². The fraction of sp³-hybridized carbons (Fsp3) is 0.100. The maximum absolute atomic E-state index is 12.2. The molecule has 0 fully saturated rings. The quantitative estimate of drug-likeness (QED) is 0.571. The van der Waals surface area contributed by atoms with Gasteiger partial charge in [0.25, 0.3) is 0 Å². The second-order valence-corrected chi connectivity index (χ2v) is 5.86. The SMILES string of the molecule is O=C(O)c1ccc(NCc2cccc(Oc3ccc(OC(F)(F)F)cc3)c2)nc1. The summed E-state index contributed by atoms with van der Waals surface area (Å²) in [7, 11) is 0. The normalized spacial score (nSPS) is 11.0. The zero-order valence-electron chi connectivity index (χ0n) is 14.8. The number of ether oxygens (including phenoxy) is 2. The Morgan fingerprint density at radius 1 is 1.00 bits per heavy atom. The zero-order chi connectivity index (χ0) is 20.9. The molecule has 9 heteroatoms. The maximum Gasteiger partial charge on any atom is 0.573 e. The van der Waals surface area contributed by atoms with E-state index in [2.05, 4.69) is 15.0 Å². The number of nitrogens with one attached hydrogen (secondary N) is 1. The fourth-order valence-corrected chi connectivity index (χ4v) is 2.38. The smallest absolute Gasteiger partial charge is 0.478 e. The van der Waals surface area contributed by atoms with E-state index in [0.29, 0.717) is 23.9 Å². The van der Waals surface area contributed by atoms with Gasteiger partial charge in [0.05, 0.1) is 5.56 Å². The lowest BCUT2D eigenvalue weighted by Crippen LogP contribution is -2.16. The predicted molar refractivity (Wildman–Crippen MR) is 98.2 cm³/mol. The Morgan fingerprint density at radius 3 is 2.34 bits per heavy atom. The molecule has 0 atom stereocenters. The number of pyridine rings is 1. The molecule has 0 unspecified atom stereocenters. The number of hydrogen-bond acceptors (Lipinski definition) is 5. The third-order valence-corrected chi connectivity index (χ3v) is 3.68. The molecule has 0 amide bonds. The number of alkyl halides is 3. The first-order chi connectivity index (χ1) is 13.8. The Morgan fingerprint density at radius 2 is 1.72 bits per heavy atom. The molecule has 1 heterocycles. The molecule has 29 heavy (non-hydrogen) atoms.